The molecule has 104 valence electrons. The van der Waals surface area contributed by atoms with Crippen LogP contribution in [0.15, 0.2) is 12.1 Å². The zero-order valence-corrected chi connectivity index (χ0v) is 11.4. The van der Waals surface area contributed by atoms with Gasteiger partial charge in [0.15, 0.2) is 5.82 Å². The summed E-state index contributed by atoms with van der Waals surface area (Å²) in [5.74, 6) is -2.06. The normalized spacial score (nSPS) is 20.4. The minimum Gasteiger partial charge on any atom is -0.276 e. The number of rotatable bonds is 1. The molecule has 1 heterocycles. The van der Waals surface area contributed by atoms with E-state index in [2.05, 4.69) is 5.32 Å². The monoisotopic (exact) mass is 316 g/mol. The highest BCUT2D eigenvalue weighted by atomic mass is 35.5. The first kappa shape index (κ1) is 13.3. The van der Waals surface area contributed by atoms with Crippen LogP contribution in [0.25, 0.3) is 0 Å². The molecule has 1 saturated carbocycles. The van der Waals surface area contributed by atoms with Crippen LogP contribution in [0.1, 0.15) is 12.8 Å². The third-order valence-corrected chi connectivity index (χ3v) is 4.00. The van der Waals surface area contributed by atoms with Gasteiger partial charge in [-0.05, 0) is 25.0 Å². The third-order valence-electron chi connectivity index (χ3n) is 3.45. The second-order valence-electron chi connectivity index (χ2n) is 4.71. The van der Waals surface area contributed by atoms with Crippen molar-refractivity contribution in [3.63, 3.8) is 0 Å². The molecule has 5 nitrogen and oxygen atoms in total. The summed E-state index contributed by atoms with van der Waals surface area (Å²) in [6.07, 6.45) is 0.758. The Labute approximate surface area is 122 Å². The predicted molar refractivity (Wildman–Crippen MR) is 69.1 cm³/mol. The molecule has 0 aromatic heterocycles. The van der Waals surface area contributed by atoms with Gasteiger partial charge in [0.25, 0.3) is 5.91 Å². The van der Waals surface area contributed by atoms with E-state index >= 15 is 0 Å². The van der Waals surface area contributed by atoms with Crippen LogP contribution in [0.5, 0.6) is 0 Å². The maximum absolute atomic E-state index is 13.4. The number of barbiturate groups is 1. The van der Waals surface area contributed by atoms with Gasteiger partial charge in [-0.3, -0.25) is 14.9 Å². The summed E-state index contributed by atoms with van der Waals surface area (Å²) < 4.78 is 13.4. The van der Waals surface area contributed by atoms with E-state index in [4.69, 9.17) is 23.2 Å². The number of imide groups is 2. The number of anilines is 1. The van der Waals surface area contributed by atoms with Crippen LogP contribution in [-0.2, 0) is 9.59 Å². The molecule has 1 aromatic carbocycles. The van der Waals surface area contributed by atoms with Crippen molar-refractivity contribution in [2.24, 2.45) is 5.41 Å². The van der Waals surface area contributed by atoms with Crippen molar-refractivity contribution in [3.8, 4) is 0 Å². The van der Waals surface area contributed by atoms with E-state index in [0.717, 1.165) is 17.0 Å². The summed E-state index contributed by atoms with van der Waals surface area (Å²) in [5, 5.41) is 1.49. The highest BCUT2D eigenvalue weighted by Gasteiger charge is 2.62. The molecular weight excluding hydrogens is 310 g/mol. The Morgan fingerprint density at radius 1 is 1.15 bits per heavy atom. The number of nitrogens with one attached hydrogen (secondary N) is 1. The quantitative estimate of drug-likeness (QED) is 0.639. The van der Waals surface area contributed by atoms with E-state index in [9.17, 15) is 18.8 Å². The number of hydrogen-bond donors (Lipinski definition) is 1. The third kappa shape index (κ3) is 1.72. The smallest absolute Gasteiger partial charge is 0.276 e. The first-order valence-electron chi connectivity index (χ1n) is 5.71. The molecule has 0 atom stereocenters. The maximum atomic E-state index is 13.4. The van der Waals surface area contributed by atoms with Gasteiger partial charge in [0, 0.05) is 0 Å². The summed E-state index contributed by atoms with van der Waals surface area (Å²) in [5.41, 5.74) is -1.15. The van der Waals surface area contributed by atoms with Crippen LogP contribution in [0.3, 0.4) is 0 Å². The lowest BCUT2D eigenvalue weighted by Crippen LogP contribution is -2.59. The molecule has 2 aliphatic rings. The van der Waals surface area contributed by atoms with Crippen molar-refractivity contribution >= 4 is 46.7 Å². The van der Waals surface area contributed by atoms with Crippen LogP contribution in [0.2, 0.25) is 10.0 Å². The first-order chi connectivity index (χ1) is 9.36. The highest BCUT2D eigenvalue weighted by molar-refractivity contribution is 6.36. The molecule has 1 aliphatic carbocycles. The average Bonchev–Trinajstić information content (AvgIpc) is 3.15. The molecule has 8 heteroatoms. The van der Waals surface area contributed by atoms with Gasteiger partial charge in [-0.15, -0.1) is 0 Å². The van der Waals surface area contributed by atoms with Crippen LogP contribution < -0.4 is 10.2 Å². The number of carbonyl (C=O) groups excluding carboxylic acids is 3. The summed E-state index contributed by atoms with van der Waals surface area (Å²) in [6.45, 7) is 0. The summed E-state index contributed by atoms with van der Waals surface area (Å²) in [7, 11) is 0. The Kier molecular flexibility index (Phi) is 2.78. The van der Waals surface area contributed by atoms with Crippen LogP contribution in [-0.4, -0.2) is 17.8 Å². The van der Waals surface area contributed by atoms with Gasteiger partial charge < -0.3 is 0 Å². The van der Waals surface area contributed by atoms with Gasteiger partial charge in [0.1, 0.15) is 5.41 Å². The SMILES string of the molecule is O=C1NC(=O)C2(CC2)C(=O)N1c1cc(Cl)c(F)c(Cl)c1. The Bertz CT molecular complexity index is 650. The number of amides is 4. The largest absolute Gasteiger partial charge is 0.335 e. The van der Waals surface area contributed by atoms with Gasteiger partial charge in [0.05, 0.1) is 15.7 Å². The Morgan fingerprint density at radius 2 is 1.70 bits per heavy atom. The average molecular weight is 317 g/mol. The maximum Gasteiger partial charge on any atom is 0.335 e. The molecule has 0 bridgehead atoms. The molecule has 1 saturated heterocycles. The molecule has 0 radical (unpaired) electrons. The minimum absolute atomic E-state index is 0.0303. The predicted octanol–water partition coefficient (Wildman–Crippen LogP) is 2.50. The Morgan fingerprint density at radius 3 is 2.20 bits per heavy atom. The zero-order valence-electron chi connectivity index (χ0n) is 9.87. The van der Waals surface area contributed by atoms with E-state index in [1.54, 1.807) is 0 Å². The second kappa shape index (κ2) is 4.17. The molecule has 3 rings (SSSR count). The number of halogens is 3. The Hall–Kier alpha value is -1.66. The molecule has 1 aliphatic heterocycles. The molecule has 1 N–H and O–H groups in total. The lowest BCUT2D eigenvalue weighted by Gasteiger charge is -2.30. The van der Waals surface area contributed by atoms with Crippen molar-refractivity contribution in [3.05, 3.63) is 28.0 Å². The van der Waals surface area contributed by atoms with Crippen molar-refractivity contribution in [2.45, 2.75) is 12.8 Å². The topological polar surface area (TPSA) is 66.5 Å². The molecule has 2 fully saturated rings. The number of urea groups is 1. The van der Waals surface area contributed by atoms with Crippen LogP contribution in [0, 0.1) is 11.2 Å². The van der Waals surface area contributed by atoms with Crippen LogP contribution in [0.4, 0.5) is 14.9 Å². The molecule has 4 amide bonds. The van der Waals surface area contributed by atoms with Crippen molar-refractivity contribution in [1.29, 1.82) is 0 Å². The number of nitrogens with zero attached hydrogens (tertiary/aromatic N) is 1. The fourth-order valence-electron chi connectivity index (χ4n) is 2.15. The standard InChI is InChI=1S/C12H7Cl2FN2O3/c13-6-3-5(4-7(14)8(6)15)17-10(19)12(1-2-12)9(18)16-11(17)20/h3-4H,1-2H2,(H,16,18,20). The first-order valence-corrected chi connectivity index (χ1v) is 6.47. The summed E-state index contributed by atoms with van der Waals surface area (Å²) >= 11 is 11.3. The van der Waals surface area contributed by atoms with Crippen molar-refractivity contribution in [2.75, 3.05) is 4.90 Å². The lowest BCUT2D eigenvalue weighted by molar-refractivity contribution is -0.136. The second-order valence-corrected chi connectivity index (χ2v) is 5.52. The fourth-order valence-corrected chi connectivity index (χ4v) is 2.62. The fraction of sp³-hybridized carbons (Fsp3) is 0.250. The molecular formula is C12H7Cl2FN2O3. The van der Waals surface area contributed by atoms with E-state index in [1.165, 1.54) is 0 Å². The van der Waals surface area contributed by atoms with Gasteiger partial charge >= 0.3 is 6.03 Å². The van der Waals surface area contributed by atoms with E-state index in [0.29, 0.717) is 12.8 Å². The van der Waals surface area contributed by atoms with Gasteiger partial charge in [-0.25, -0.2) is 14.1 Å². The van der Waals surface area contributed by atoms with E-state index in [1.807, 2.05) is 0 Å². The van der Waals surface area contributed by atoms with Crippen LogP contribution >= 0.6 is 23.2 Å². The lowest BCUT2D eigenvalue weighted by atomic mass is 10.0. The molecule has 0 unspecified atom stereocenters. The molecule has 20 heavy (non-hydrogen) atoms. The molecule has 1 spiro atoms. The van der Waals surface area contributed by atoms with E-state index < -0.39 is 29.1 Å². The van der Waals surface area contributed by atoms with Gasteiger partial charge in [0.2, 0.25) is 5.91 Å². The van der Waals surface area contributed by atoms with Crippen molar-refractivity contribution in [1.82, 2.24) is 5.32 Å². The van der Waals surface area contributed by atoms with Gasteiger partial charge in [-0.1, -0.05) is 23.2 Å². The number of benzene rings is 1. The van der Waals surface area contributed by atoms with Crippen molar-refractivity contribution < 1.29 is 18.8 Å². The Balaban J connectivity index is 2.07. The highest BCUT2D eigenvalue weighted by Crippen LogP contribution is 2.50. The van der Waals surface area contributed by atoms with E-state index in [-0.39, 0.29) is 15.7 Å². The zero-order chi connectivity index (χ0) is 14.7. The summed E-state index contributed by atoms with van der Waals surface area (Å²) in [4.78, 5) is 36.6. The summed E-state index contributed by atoms with van der Waals surface area (Å²) in [6, 6.07) is 1.34. The number of hydrogen-bond acceptors (Lipinski definition) is 3. The minimum atomic E-state index is -1.18. The molecule has 1 aromatic rings. The van der Waals surface area contributed by atoms with Gasteiger partial charge in [-0.2, -0.15) is 0 Å². The number of carbonyl (C=O) groups is 3.